The van der Waals surface area contributed by atoms with E-state index in [0.29, 0.717) is 22.8 Å². The molecule has 0 radical (unpaired) electrons. The molecule has 1 N–H and O–H groups in total. The van der Waals surface area contributed by atoms with Gasteiger partial charge in [-0.25, -0.2) is 0 Å². The van der Waals surface area contributed by atoms with E-state index in [0.717, 1.165) is 41.6 Å². The second kappa shape index (κ2) is 6.12. The monoisotopic (exact) mass is 352 g/mol. The zero-order valence-corrected chi connectivity index (χ0v) is 15.0. The summed E-state index contributed by atoms with van der Waals surface area (Å²) in [6.45, 7) is 6.03. The van der Waals surface area contributed by atoms with Crippen LogP contribution in [-0.2, 0) is 12.8 Å². The first-order chi connectivity index (χ1) is 12.4. The van der Waals surface area contributed by atoms with Crippen molar-refractivity contribution in [2.45, 2.75) is 40.0 Å². The smallest absolute Gasteiger partial charge is 0.293 e. The summed E-state index contributed by atoms with van der Waals surface area (Å²) in [6.07, 6.45) is 2.72. The topological polar surface area (TPSA) is 85.3 Å². The Morgan fingerprint density at radius 1 is 1.23 bits per heavy atom. The molecular formula is C20H20N2O4. The fourth-order valence-electron chi connectivity index (χ4n) is 3.37. The van der Waals surface area contributed by atoms with Crippen LogP contribution < -0.4 is 10.7 Å². The van der Waals surface area contributed by atoms with Gasteiger partial charge < -0.3 is 8.94 Å². The van der Waals surface area contributed by atoms with E-state index in [9.17, 15) is 9.59 Å². The molecule has 1 atom stereocenters. The maximum absolute atomic E-state index is 12.6. The second-order valence-corrected chi connectivity index (χ2v) is 7.15. The van der Waals surface area contributed by atoms with E-state index >= 15 is 0 Å². The van der Waals surface area contributed by atoms with Crippen LogP contribution in [-0.4, -0.2) is 11.1 Å². The fraction of sp³-hybridized carbons (Fsp3) is 0.350. The lowest BCUT2D eigenvalue weighted by Crippen LogP contribution is -2.17. The molecule has 6 heteroatoms. The molecule has 2 heterocycles. The molecule has 1 aliphatic carbocycles. The molecule has 1 aliphatic rings. The maximum Gasteiger partial charge on any atom is 0.293 e. The van der Waals surface area contributed by atoms with Crippen molar-refractivity contribution in [2.75, 3.05) is 5.32 Å². The van der Waals surface area contributed by atoms with Crippen molar-refractivity contribution in [3.05, 3.63) is 56.6 Å². The lowest BCUT2D eigenvalue weighted by molar-refractivity contribution is 0.0994. The number of carbonyl (C=O) groups is 1. The van der Waals surface area contributed by atoms with Crippen molar-refractivity contribution in [1.82, 2.24) is 5.16 Å². The summed E-state index contributed by atoms with van der Waals surface area (Å²) in [4.78, 5) is 25.0. The van der Waals surface area contributed by atoms with E-state index in [2.05, 4.69) is 17.4 Å². The molecule has 134 valence electrons. The van der Waals surface area contributed by atoms with Crippen molar-refractivity contribution in [1.29, 1.82) is 0 Å². The van der Waals surface area contributed by atoms with Gasteiger partial charge in [0.15, 0.2) is 11.2 Å². The first kappa shape index (κ1) is 16.6. The van der Waals surface area contributed by atoms with Gasteiger partial charge in [0.05, 0.1) is 11.1 Å². The Hall–Kier alpha value is -2.89. The third-order valence-electron chi connectivity index (χ3n) is 5.09. The number of benzene rings is 1. The molecule has 0 saturated carbocycles. The van der Waals surface area contributed by atoms with E-state index in [-0.39, 0.29) is 11.2 Å². The van der Waals surface area contributed by atoms with Crippen molar-refractivity contribution in [3.8, 4) is 0 Å². The molecule has 1 amide bonds. The summed E-state index contributed by atoms with van der Waals surface area (Å²) >= 11 is 0. The number of nitrogens with zero attached hydrogens (tertiary/aromatic N) is 1. The van der Waals surface area contributed by atoms with Gasteiger partial charge >= 0.3 is 0 Å². The normalized spacial score (nSPS) is 16.5. The summed E-state index contributed by atoms with van der Waals surface area (Å²) < 4.78 is 11.0. The first-order valence-corrected chi connectivity index (χ1v) is 8.76. The van der Waals surface area contributed by atoms with Gasteiger partial charge in [0, 0.05) is 11.6 Å². The third-order valence-corrected chi connectivity index (χ3v) is 5.09. The number of aryl methyl sites for hydroxylation is 3. The minimum atomic E-state index is -0.514. The van der Waals surface area contributed by atoms with Gasteiger partial charge in [-0.05, 0) is 62.3 Å². The van der Waals surface area contributed by atoms with E-state index < -0.39 is 5.91 Å². The van der Waals surface area contributed by atoms with Crippen LogP contribution in [0.5, 0.6) is 0 Å². The molecule has 26 heavy (non-hydrogen) atoms. The highest BCUT2D eigenvalue weighted by molar-refractivity contribution is 6.02. The number of nitrogens with one attached hydrogen (secondary N) is 1. The number of hydrogen-bond acceptors (Lipinski definition) is 5. The Morgan fingerprint density at radius 3 is 2.81 bits per heavy atom. The lowest BCUT2D eigenvalue weighted by atomic mass is 9.89. The van der Waals surface area contributed by atoms with E-state index in [1.54, 1.807) is 12.1 Å². The van der Waals surface area contributed by atoms with Gasteiger partial charge in [-0.3, -0.25) is 14.9 Å². The maximum atomic E-state index is 12.6. The number of rotatable bonds is 2. The molecule has 4 rings (SSSR count). The summed E-state index contributed by atoms with van der Waals surface area (Å²) in [5, 5.41) is 7.22. The van der Waals surface area contributed by atoms with Gasteiger partial charge in [0.1, 0.15) is 5.58 Å². The van der Waals surface area contributed by atoms with Crippen LogP contribution in [0.2, 0.25) is 0 Å². The molecule has 0 spiro atoms. The number of aromatic nitrogens is 1. The minimum Gasteiger partial charge on any atom is -0.451 e. The number of anilines is 1. The Kier molecular flexibility index (Phi) is 3.90. The Morgan fingerprint density at radius 2 is 2.00 bits per heavy atom. The van der Waals surface area contributed by atoms with Gasteiger partial charge in [-0.1, -0.05) is 12.1 Å². The zero-order valence-electron chi connectivity index (χ0n) is 15.0. The summed E-state index contributed by atoms with van der Waals surface area (Å²) in [5.41, 5.74) is 3.99. The predicted octanol–water partition coefficient (Wildman–Crippen LogP) is 3.77. The fourth-order valence-corrected chi connectivity index (χ4v) is 3.37. The minimum absolute atomic E-state index is 0.0419. The van der Waals surface area contributed by atoms with E-state index in [4.69, 9.17) is 8.94 Å². The third kappa shape index (κ3) is 2.81. The SMILES string of the molecule is Cc1cc2oc(C(=O)Nc3onc4c3C[C@H](C)CC4)cc(=O)c2cc1C. The largest absolute Gasteiger partial charge is 0.451 e. The van der Waals surface area contributed by atoms with Crippen molar-refractivity contribution >= 4 is 22.8 Å². The Labute approximate surface area is 150 Å². The molecule has 0 aliphatic heterocycles. The summed E-state index contributed by atoms with van der Waals surface area (Å²) in [7, 11) is 0. The van der Waals surface area contributed by atoms with Crippen molar-refractivity contribution < 1.29 is 13.7 Å². The average Bonchev–Trinajstić information content (AvgIpc) is 2.98. The second-order valence-electron chi connectivity index (χ2n) is 7.15. The van der Waals surface area contributed by atoms with Crippen LogP contribution in [0.3, 0.4) is 0 Å². The highest BCUT2D eigenvalue weighted by Crippen LogP contribution is 2.30. The molecule has 2 aromatic heterocycles. The molecule has 0 saturated heterocycles. The van der Waals surface area contributed by atoms with Crippen LogP contribution in [0.1, 0.15) is 46.3 Å². The van der Waals surface area contributed by atoms with E-state index in [1.807, 2.05) is 13.8 Å². The van der Waals surface area contributed by atoms with Crippen LogP contribution in [0.25, 0.3) is 11.0 Å². The first-order valence-electron chi connectivity index (χ1n) is 8.76. The number of carbonyl (C=O) groups excluding carboxylic acids is 1. The van der Waals surface area contributed by atoms with Crippen molar-refractivity contribution in [3.63, 3.8) is 0 Å². The Balaban J connectivity index is 1.68. The zero-order chi connectivity index (χ0) is 18.4. The number of fused-ring (bicyclic) bond motifs is 2. The Bertz CT molecular complexity index is 1080. The van der Waals surface area contributed by atoms with Crippen LogP contribution >= 0.6 is 0 Å². The van der Waals surface area contributed by atoms with Crippen LogP contribution in [0, 0.1) is 19.8 Å². The summed E-state index contributed by atoms with van der Waals surface area (Å²) in [5.74, 6) is 0.306. The number of amides is 1. The molecule has 1 aromatic carbocycles. The average molecular weight is 352 g/mol. The van der Waals surface area contributed by atoms with Gasteiger partial charge in [0.25, 0.3) is 5.91 Å². The number of hydrogen-bond donors (Lipinski definition) is 1. The van der Waals surface area contributed by atoms with Crippen LogP contribution in [0.15, 0.2) is 31.9 Å². The highest BCUT2D eigenvalue weighted by atomic mass is 16.5. The molecule has 3 aromatic rings. The quantitative estimate of drug-likeness (QED) is 0.759. The molecular weight excluding hydrogens is 332 g/mol. The van der Waals surface area contributed by atoms with Gasteiger partial charge in [-0.2, -0.15) is 0 Å². The van der Waals surface area contributed by atoms with Crippen molar-refractivity contribution in [2.24, 2.45) is 5.92 Å². The van der Waals surface area contributed by atoms with Gasteiger partial charge in [-0.15, -0.1) is 0 Å². The summed E-state index contributed by atoms with van der Waals surface area (Å²) in [6, 6.07) is 4.78. The standard InChI is InChI=1S/C20H20N2O4/c1-10-4-5-15-13(6-10)20(26-22-15)21-19(24)18-9-16(23)14-7-11(2)12(3)8-17(14)25-18/h7-10H,4-6H2,1-3H3,(H,21,24)/t10-/m1/s1. The molecule has 0 bridgehead atoms. The van der Waals surface area contributed by atoms with Gasteiger partial charge in [0.2, 0.25) is 5.88 Å². The highest BCUT2D eigenvalue weighted by Gasteiger charge is 2.25. The molecule has 0 fully saturated rings. The molecule has 6 nitrogen and oxygen atoms in total. The predicted molar refractivity (Wildman–Crippen MR) is 97.6 cm³/mol. The lowest BCUT2D eigenvalue weighted by Gasteiger charge is -2.16. The molecule has 0 unspecified atom stereocenters. The van der Waals surface area contributed by atoms with E-state index in [1.165, 1.54) is 6.07 Å². The van der Waals surface area contributed by atoms with Crippen LogP contribution in [0.4, 0.5) is 5.88 Å².